The number of sulfone groups is 1. The molecule has 1 amide bonds. The maximum atomic E-state index is 12.5. The lowest BCUT2D eigenvalue weighted by atomic mass is 9.92. The first-order valence-electron chi connectivity index (χ1n) is 11.1. The first-order chi connectivity index (χ1) is 14.7. The van der Waals surface area contributed by atoms with Gasteiger partial charge < -0.3 is 14.6 Å². The Hall–Kier alpha value is -2.12. The van der Waals surface area contributed by atoms with Crippen LogP contribution in [0.5, 0.6) is 0 Å². The molecule has 31 heavy (non-hydrogen) atoms. The predicted molar refractivity (Wildman–Crippen MR) is 123 cm³/mol. The van der Waals surface area contributed by atoms with Crippen molar-refractivity contribution in [3.8, 4) is 0 Å². The van der Waals surface area contributed by atoms with Crippen LogP contribution in [0, 0.1) is 18.8 Å². The smallest absolute Gasteiger partial charge is 0.286 e. The molecule has 0 aliphatic carbocycles. The van der Waals surface area contributed by atoms with Crippen LogP contribution in [0.4, 0.5) is 0 Å². The topological polar surface area (TPSA) is 79.6 Å². The van der Waals surface area contributed by atoms with Gasteiger partial charge in [0.1, 0.15) is 11.5 Å². The number of nitrogens with zero attached hydrogens (tertiary/aromatic N) is 1. The third-order valence-electron chi connectivity index (χ3n) is 5.60. The lowest BCUT2D eigenvalue weighted by Gasteiger charge is -2.34. The highest BCUT2D eigenvalue weighted by molar-refractivity contribution is 7.89. The van der Waals surface area contributed by atoms with Crippen LogP contribution in [-0.4, -0.2) is 45.4 Å². The van der Waals surface area contributed by atoms with Gasteiger partial charge in [0.2, 0.25) is 0 Å². The molecule has 1 aromatic carbocycles. The predicted octanol–water partition coefficient (Wildman–Crippen LogP) is 3.80. The molecule has 0 spiro atoms. The zero-order chi connectivity index (χ0) is 22.4. The second-order valence-electron chi connectivity index (χ2n) is 9.10. The van der Waals surface area contributed by atoms with E-state index in [1.54, 1.807) is 18.2 Å². The van der Waals surface area contributed by atoms with E-state index in [2.05, 4.69) is 24.1 Å². The Balaban J connectivity index is 1.44. The van der Waals surface area contributed by atoms with Gasteiger partial charge in [0.15, 0.2) is 15.6 Å². The Morgan fingerprint density at radius 1 is 1.13 bits per heavy atom. The van der Waals surface area contributed by atoms with E-state index >= 15 is 0 Å². The number of nitrogens with one attached hydrogen (secondary N) is 1. The molecule has 170 valence electrons. The van der Waals surface area contributed by atoms with Crippen molar-refractivity contribution in [3.05, 3.63) is 59.0 Å². The summed E-state index contributed by atoms with van der Waals surface area (Å²) >= 11 is 0. The molecule has 7 heteroatoms. The molecule has 0 radical (unpaired) electrons. The van der Waals surface area contributed by atoms with Gasteiger partial charge in [-0.2, -0.15) is 0 Å². The minimum Gasteiger partial charge on any atom is -0.455 e. The average molecular weight is 447 g/mol. The Bertz CT molecular complexity index is 973. The van der Waals surface area contributed by atoms with Crippen LogP contribution < -0.4 is 5.32 Å². The highest BCUT2D eigenvalue weighted by atomic mass is 32.2. The van der Waals surface area contributed by atoms with Gasteiger partial charge in [-0.25, -0.2) is 8.42 Å². The van der Waals surface area contributed by atoms with E-state index < -0.39 is 9.84 Å². The van der Waals surface area contributed by atoms with Gasteiger partial charge >= 0.3 is 0 Å². The highest BCUT2D eigenvalue weighted by Gasteiger charge is 2.21. The summed E-state index contributed by atoms with van der Waals surface area (Å²) in [4.78, 5) is 14.8. The zero-order valence-corrected chi connectivity index (χ0v) is 19.6. The molecule has 1 N–H and O–H groups in total. The Kier molecular flexibility index (Phi) is 7.94. The molecule has 2 aromatic rings. The molecule has 1 aliphatic heterocycles. The first kappa shape index (κ1) is 23.5. The summed E-state index contributed by atoms with van der Waals surface area (Å²) in [5, 5.41) is 2.87. The van der Waals surface area contributed by atoms with Crippen LogP contribution in [0.15, 0.2) is 40.8 Å². The van der Waals surface area contributed by atoms with E-state index in [9.17, 15) is 13.2 Å². The Morgan fingerprint density at radius 3 is 2.58 bits per heavy atom. The summed E-state index contributed by atoms with van der Waals surface area (Å²) in [7, 11) is -3.39. The van der Waals surface area contributed by atoms with Crippen LogP contribution in [0.2, 0.25) is 0 Å². The Labute approximate surface area is 185 Å². The number of furan rings is 1. The van der Waals surface area contributed by atoms with Crippen molar-refractivity contribution in [2.75, 3.05) is 26.2 Å². The van der Waals surface area contributed by atoms with Crippen molar-refractivity contribution < 1.29 is 17.6 Å². The highest BCUT2D eigenvalue weighted by Crippen LogP contribution is 2.21. The van der Waals surface area contributed by atoms with Gasteiger partial charge in [-0.3, -0.25) is 4.79 Å². The summed E-state index contributed by atoms with van der Waals surface area (Å²) in [5.74, 6) is 1.31. The minimum absolute atomic E-state index is 0.0509. The van der Waals surface area contributed by atoms with Crippen molar-refractivity contribution in [2.24, 2.45) is 11.8 Å². The third-order valence-corrected chi connectivity index (χ3v) is 7.10. The molecule has 1 fully saturated rings. The molecule has 1 aliphatic rings. The molecule has 0 unspecified atom stereocenters. The van der Waals surface area contributed by atoms with Crippen LogP contribution in [0.3, 0.4) is 0 Å². The number of carbonyl (C=O) groups excluding carboxylic acids is 1. The second kappa shape index (κ2) is 10.5. The van der Waals surface area contributed by atoms with E-state index in [-0.39, 0.29) is 28.9 Å². The molecule has 1 saturated heterocycles. The number of piperidine rings is 1. The molecule has 3 rings (SSSR count). The van der Waals surface area contributed by atoms with E-state index in [4.69, 9.17) is 4.42 Å². The Morgan fingerprint density at radius 2 is 1.87 bits per heavy atom. The second-order valence-corrected chi connectivity index (χ2v) is 11.2. The first-order valence-corrected chi connectivity index (χ1v) is 12.9. The number of amides is 1. The molecule has 1 aromatic heterocycles. The monoisotopic (exact) mass is 446 g/mol. The molecule has 0 saturated carbocycles. The number of aryl methyl sites for hydroxylation is 1. The normalized spacial score (nSPS) is 20.0. The third kappa shape index (κ3) is 7.51. The maximum Gasteiger partial charge on any atom is 0.286 e. The van der Waals surface area contributed by atoms with Crippen LogP contribution in [0.1, 0.15) is 54.1 Å². The number of hydrogen-bond acceptors (Lipinski definition) is 5. The van der Waals surface area contributed by atoms with Crippen molar-refractivity contribution in [2.45, 2.75) is 45.1 Å². The number of hydrogen-bond donors (Lipinski definition) is 1. The van der Waals surface area contributed by atoms with E-state index in [1.165, 1.54) is 6.42 Å². The molecule has 2 heterocycles. The number of likely N-dealkylation sites (tertiary alicyclic amines) is 1. The van der Waals surface area contributed by atoms with Gasteiger partial charge in [-0.05, 0) is 55.8 Å². The SMILES string of the molecule is Cc1cccc(CS(=O)(=O)Cc2ccc(C(=O)NCCCN3C[C@H](C)C[C@H](C)C3)o2)c1. The fourth-order valence-electron chi connectivity index (χ4n) is 4.47. The zero-order valence-electron chi connectivity index (χ0n) is 18.8. The van der Waals surface area contributed by atoms with Gasteiger partial charge in [0.05, 0.1) is 5.75 Å². The van der Waals surface area contributed by atoms with E-state index in [0.29, 0.717) is 6.54 Å². The van der Waals surface area contributed by atoms with Crippen LogP contribution >= 0.6 is 0 Å². The van der Waals surface area contributed by atoms with Gasteiger partial charge in [0, 0.05) is 19.6 Å². The lowest BCUT2D eigenvalue weighted by molar-refractivity contribution is 0.0918. The fraction of sp³-hybridized carbons (Fsp3) is 0.542. The summed E-state index contributed by atoms with van der Waals surface area (Å²) in [5.41, 5.74) is 1.77. The maximum absolute atomic E-state index is 12.5. The largest absolute Gasteiger partial charge is 0.455 e. The number of carbonyl (C=O) groups is 1. The molecule has 2 atom stereocenters. The summed E-state index contributed by atoms with van der Waals surface area (Å²) in [6.45, 7) is 10.3. The van der Waals surface area contributed by atoms with Gasteiger partial charge in [0.25, 0.3) is 5.91 Å². The molecule has 6 nitrogen and oxygen atoms in total. The van der Waals surface area contributed by atoms with Crippen LogP contribution in [-0.2, 0) is 21.3 Å². The van der Waals surface area contributed by atoms with Crippen molar-refractivity contribution in [3.63, 3.8) is 0 Å². The minimum atomic E-state index is -3.39. The quantitative estimate of drug-likeness (QED) is 0.593. The molecular formula is C24H34N2O4S. The molecular weight excluding hydrogens is 412 g/mol. The van der Waals surface area contributed by atoms with Crippen LogP contribution in [0.25, 0.3) is 0 Å². The van der Waals surface area contributed by atoms with Gasteiger partial charge in [-0.15, -0.1) is 0 Å². The molecule has 0 bridgehead atoms. The van der Waals surface area contributed by atoms with E-state index in [1.807, 2.05) is 25.1 Å². The lowest BCUT2D eigenvalue weighted by Crippen LogP contribution is -2.40. The standard InChI is InChI=1S/C24H34N2O4S/c1-18-6-4-7-21(13-18)16-31(28,29)17-22-8-9-23(30-22)24(27)25-10-5-11-26-14-19(2)12-20(3)15-26/h4,6-9,13,19-20H,5,10-12,14-17H2,1-3H3,(H,25,27)/t19-,20+. The van der Waals surface area contributed by atoms with Crippen molar-refractivity contribution in [1.82, 2.24) is 10.2 Å². The summed E-state index contributed by atoms with van der Waals surface area (Å²) in [6.07, 6.45) is 2.17. The summed E-state index contributed by atoms with van der Waals surface area (Å²) < 4.78 is 30.5. The summed E-state index contributed by atoms with van der Waals surface area (Å²) in [6, 6.07) is 10.6. The fourth-order valence-corrected chi connectivity index (χ4v) is 5.85. The van der Waals surface area contributed by atoms with Crippen molar-refractivity contribution >= 4 is 15.7 Å². The van der Waals surface area contributed by atoms with E-state index in [0.717, 1.165) is 49.0 Å². The van der Waals surface area contributed by atoms with Gasteiger partial charge in [-0.1, -0.05) is 43.7 Å². The number of rotatable bonds is 9. The number of benzene rings is 1. The average Bonchev–Trinajstić information content (AvgIpc) is 3.11. The van der Waals surface area contributed by atoms with Crippen molar-refractivity contribution in [1.29, 1.82) is 0 Å².